The lowest BCUT2D eigenvalue weighted by molar-refractivity contribution is 0.392. The minimum atomic E-state index is -0.344. The summed E-state index contributed by atoms with van der Waals surface area (Å²) in [7, 11) is 4.89. The van der Waals surface area contributed by atoms with Crippen molar-refractivity contribution in [1.82, 2.24) is 18.7 Å². The zero-order chi connectivity index (χ0) is 22.4. The first-order valence-corrected chi connectivity index (χ1v) is 10.5. The van der Waals surface area contributed by atoms with E-state index in [-0.39, 0.29) is 23.1 Å². The highest BCUT2D eigenvalue weighted by molar-refractivity contribution is 5.78. The molecule has 31 heavy (non-hydrogen) atoms. The van der Waals surface area contributed by atoms with E-state index in [1.807, 2.05) is 41.5 Å². The number of benzene rings is 1. The molecule has 1 aliphatic heterocycles. The maximum absolute atomic E-state index is 13.4. The molecular weight excluding hydrogens is 398 g/mol. The maximum Gasteiger partial charge on any atom is 0.332 e. The van der Waals surface area contributed by atoms with Crippen molar-refractivity contribution < 1.29 is 9.47 Å². The molecule has 0 N–H and O–H groups in total. The predicted molar refractivity (Wildman–Crippen MR) is 120 cm³/mol. The van der Waals surface area contributed by atoms with Crippen LogP contribution in [0.25, 0.3) is 11.2 Å². The molecule has 0 amide bonds. The van der Waals surface area contributed by atoms with Crippen LogP contribution in [-0.2, 0) is 20.1 Å². The molecule has 0 bridgehead atoms. The second kappa shape index (κ2) is 7.79. The molecule has 2 aromatic heterocycles. The number of rotatable bonds is 5. The normalized spacial score (nSPS) is 16.1. The van der Waals surface area contributed by atoms with E-state index in [0.29, 0.717) is 48.2 Å². The van der Waals surface area contributed by atoms with Crippen LogP contribution < -0.4 is 25.6 Å². The van der Waals surface area contributed by atoms with Gasteiger partial charge in [0, 0.05) is 32.7 Å². The number of nitrogens with zero attached hydrogens (tertiary/aromatic N) is 5. The number of hydrogen-bond donors (Lipinski definition) is 0. The number of aromatic nitrogens is 4. The van der Waals surface area contributed by atoms with E-state index in [0.717, 1.165) is 5.69 Å². The molecule has 0 spiro atoms. The van der Waals surface area contributed by atoms with Crippen molar-refractivity contribution in [2.24, 2.45) is 18.9 Å². The molecule has 0 saturated heterocycles. The molecular formula is C22H29N5O4. The molecule has 0 saturated carbocycles. The van der Waals surface area contributed by atoms with Crippen molar-refractivity contribution in [3.8, 4) is 11.5 Å². The molecule has 1 atom stereocenters. The van der Waals surface area contributed by atoms with Gasteiger partial charge in [0.2, 0.25) is 5.95 Å². The number of ether oxygens (including phenoxy) is 2. The van der Waals surface area contributed by atoms with Gasteiger partial charge in [-0.2, -0.15) is 4.98 Å². The molecule has 9 heteroatoms. The number of methoxy groups -OCH3 is 2. The van der Waals surface area contributed by atoms with Crippen LogP contribution in [0.5, 0.6) is 11.5 Å². The highest BCUT2D eigenvalue weighted by atomic mass is 16.5. The zero-order valence-electron chi connectivity index (χ0n) is 18.9. The molecule has 3 heterocycles. The second-order valence-electron chi connectivity index (χ2n) is 8.60. The first kappa shape index (κ1) is 21.0. The van der Waals surface area contributed by atoms with Gasteiger partial charge in [-0.3, -0.25) is 13.9 Å². The minimum absolute atomic E-state index is 0.172. The van der Waals surface area contributed by atoms with Crippen LogP contribution in [0.4, 0.5) is 11.6 Å². The van der Waals surface area contributed by atoms with Gasteiger partial charge < -0.3 is 18.9 Å². The van der Waals surface area contributed by atoms with E-state index < -0.39 is 0 Å². The summed E-state index contributed by atoms with van der Waals surface area (Å²) in [5, 5.41) is 0. The Labute approximate surface area is 180 Å². The van der Waals surface area contributed by atoms with Crippen LogP contribution in [0.1, 0.15) is 20.8 Å². The molecule has 3 aromatic rings. The number of anilines is 2. The molecule has 0 fully saturated rings. The fourth-order valence-corrected chi connectivity index (χ4v) is 4.24. The first-order chi connectivity index (χ1) is 14.8. The van der Waals surface area contributed by atoms with Gasteiger partial charge in [-0.05, 0) is 24.0 Å². The van der Waals surface area contributed by atoms with Crippen LogP contribution in [0.2, 0.25) is 0 Å². The van der Waals surface area contributed by atoms with Crippen LogP contribution >= 0.6 is 0 Å². The smallest absolute Gasteiger partial charge is 0.332 e. The summed E-state index contributed by atoms with van der Waals surface area (Å²) < 4.78 is 15.7. The molecule has 0 unspecified atom stereocenters. The second-order valence-corrected chi connectivity index (χ2v) is 8.60. The van der Waals surface area contributed by atoms with Crippen molar-refractivity contribution in [2.45, 2.75) is 33.9 Å². The van der Waals surface area contributed by atoms with Crippen LogP contribution in [0.3, 0.4) is 0 Å². The monoisotopic (exact) mass is 427 g/mol. The summed E-state index contributed by atoms with van der Waals surface area (Å²) in [6, 6.07) is 5.62. The molecule has 4 rings (SSSR count). The van der Waals surface area contributed by atoms with E-state index in [1.54, 1.807) is 21.3 Å². The van der Waals surface area contributed by atoms with E-state index >= 15 is 0 Å². The van der Waals surface area contributed by atoms with Crippen LogP contribution in [-0.4, -0.2) is 39.4 Å². The number of aryl methyl sites for hydroxylation is 1. The fraction of sp³-hybridized carbons (Fsp3) is 0.500. The summed E-state index contributed by atoms with van der Waals surface area (Å²) in [5.74, 6) is 2.40. The average molecular weight is 428 g/mol. The SMILES string of the molecule is COc1ccc(N2C[C@@H](C)Cn3c2nc2c3c(=O)n(CC(C)C)c(=O)n2C)c(OC)c1. The lowest BCUT2D eigenvalue weighted by Gasteiger charge is -2.33. The Morgan fingerprint density at radius 1 is 1.16 bits per heavy atom. The summed E-state index contributed by atoms with van der Waals surface area (Å²) in [4.78, 5) is 33.0. The number of fused-ring (bicyclic) bond motifs is 3. The molecule has 0 aliphatic carbocycles. The van der Waals surface area contributed by atoms with Gasteiger partial charge in [0.1, 0.15) is 11.5 Å². The molecule has 166 valence electrons. The summed E-state index contributed by atoms with van der Waals surface area (Å²) in [6.07, 6.45) is 0. The molecule has 0 radical (unpaired) electrons. The van der Waals surface area contributed by atoms with Crippen molar-refractivity contribution in [3.05, 3.63) is 39.0 Å². The van der Waals surface area contributed by atoms with Crippen LogP contribution in [0, 0.1) is 11.8 Å². The van der Waals surface area contributed by atoms with Crippen molar-refractivity contribution in [1.29, 1.82) is 0 Å². The van der Waals surface area contributed by atoms with E-state index in [2.05, 4.69) is 6.92 Å². The lowest BCUT2D eigenvalue weighted by Crippen LogP contribution is -2.41. The van der Waals surface area contributed by atoms with Gasteiger partial charge in [-0.25, -0.2) is 4.79 Å². The largest absolute Gasteiger partial charge is 0.497 e. The molecule has 9 nitrogen and oxygen atoms in total. The van der Waals surface area contributed by atoms with Gasteiger partial charge >= 0.3 is 5.69 Å². The summed E-state index contributed by atoms with van der Waals surface area (Å²) in [6.45, 7) is 7.83. The number of imidazole rings is 1. The van der Waals surface area contributed by atoms with Crippen LogP contribution in [0.15, 0.2) is 27.8 Å². The number of hydrogen-bond acceptors (Lipinski definition) is 6. The lowest BCUT2D eigenvalue weighted by atomic mass is 10.1. The van der Waals surface area contributed by atoms with Crippen molar-refractivity contribution >= 4 is 22.8 Å². The third-order valence-corrected chi connectivity index (χ3v) is 5.67. The molecule has 1 aliphatic rings. The standard InChI is InChI=1S/C22H29N5O4/c1-13(2)10-27-20(28)18-19(24(4)22(27)29)23-21-25(11-14(3)12-26(18)21)16-8-7-15(30-5)9-17(16)31-6/h7-9,13-14H,10-12H2,1-6H3/t14-/m1/s1. The first-order valence-electron chi connectivity index (χ1n) is 10.5. The quantitative estimate of drug-likeness (QED) is 0.622. The van der Waals surface area contributed by atoms with E-state index in [4.69, 9.17) is 14.5 Å². The Hall–Kier alpha value is -3.23. The Kier molecular flexibility index (Phi) is 5.28. The minimum Gasteiger partial charge on any atom is -0.497 e. The highest BCUT2D eigenvalue weighted by Crippen LogP contribution is 2.39. The predicted octanol–water partition coefficient (Wildman–Crippen LogP) is 2.36. The van der Waals surface area contributed by atoms with Gasteiger partial charge in [0.05, 0.1) is 19.9 Å². The van der Waals surface area contributed by atoms with Crippen molar-refractivity contribution in [2.75, 3.05) is 25.7 Å². The zero-order valence-corrected chi connectivity index (χ0v) is 18.9. The summed E-state index contributed by atoms with van der Waals surface area (Å²) in [5.41, 5.74) is 1.06. The average Bonchev–Trinajstić information content (AvgIpc) is 3.13. The Morgan fingerprint density at radius 2 is 1.90 bits per heavy atom. The van der Waals surface area contributed by atoms with Gasteiger partial charge in [0.15, 0.2) is 11.2 Å². The Bertz CT molecular complexity index is 1250. The maximum atomic E-state index is 13.4. The third-order valence-electron chi connectivity index (χ3n) is 5.67. The van der Waals surface area contributed by atoms with E-state index in [1.165, 1.54) is 9.13 Å². The van der Waals surface area contributed by atoms with Gasteiger partial charge in [0.25, 0.3) is 5.56 Å². The fourth-order valence-electron chi connectivity index (χ4n) is 4.24. The highest BCUT2D eigenvalue weighted by Gasteiger charge is 2.31. The van der Waals surface area contributed by atoms with Gasteiger partial charge in [-0.1, -0.05) is 20.8 Å². The molecule has 1 aromatic carbocycles. The summed E-state index contributed by atoms with van der Waals surface area (Å²) >= 11 is 0. The van der Waals surface area contributed by atoms with E-state index in [9.17, 15) is 9.59 Å². The van der Waals surface area contributed by atoms with Crippen molar-refractivity contribution in [3.63, 3.8) is 0 Å². The topological polar surface area (TPSA) is 83.5 Å². The third kappa shape index (κ3) is 3.37. The Balaban J connectivity index is 1.98. The Morgan fingerprint density at radius 3 is 2.55 bits per heavy atom. The van der Waals surface area contributed by atoms with Gasteiger partial charge in [-0.15, -0.1) is 0 Å².